The molecule has 2 atom stereocenters. The smallest absolute Gasteiger partial charge is 0.114 e. The molecule has 0 spiro atoms. The summed E-state index contributed by atoms with van der Waals surface area (Å²) in [6.45, 7) is 2.33. The van der Waals surface area contributed by atoms with Gasteiger partial charge in [-0.1, -0.05) is 12.5 Å². The molecule has 5 nitrogen and oxygen atoms in total. The average molecular weight is 371 g/mol. The standard InChI is InChI=1S/C23H25N5/c1-2-7-21-19(6-1)24-14-28(21)17-8-9-22-20(11-17)25-23-15-10-18(13-27(22)23)26(12-15)16-4-3-5-16/h2,7-9,11,14-16,18H,1,3-6,10,12-13H2. The van der Waals surface area contributed by atoms with Gasteiger partial charge >= 0.3 is 0 Å². The van der Waals surface area contributed by atoms with Gasteiger partial charge in [0.15, 0.2) is 0 Å². The van der Waals surface area contributed by atoms with E-state index in [2.05, 4.69) is 49.4 Å². The second-order valence-corrected chi connectivity index (χ2v) is 9.01. The predicted octanol–water partition coefficient (Wildman–Crippen LogP) is 3.91. The number of imidazole rings is 2. The Balaban J connectivity index is 1.28. The minimum atomic E-state index is 0.610. The van der Waals surface area contributed by atoms with Crippen molar-refractivity contribution in [2.24, 2.45) is 0 Å². The van der Waals surface area contributed by atoms with Gasteiger partial charge in [-0.05, 0) is 56.4 Å². The minimum absolute atomic E-state index is 0.610. The second-order valence-electron chi connectivity index (χ2n) is 9.01. The summed E-state index contributed by atoms with van der Waals surface area (Å²) in [5.41, 5.74) is 6.04. The molecule has 0 amide bonds. The highest BCUT2D eigenvalue weighted by Gasteiger charge is 2.44. The zero-order chi connectivity index (χ0) is 18.2. The quantitative estimate of drug-likeness (QED) is 0.686. The van der Waals surface area contributed by atoms with Crippen LogP contribution in [0.3, 0.4) is 0 Å². The first-order chi connectivity index (χ1) is 13.8. The predicted molar refractivity (Wildman–Crippen MR) is 110 cm³/mol. The third-order valence-corrected chi connectivity index (χ3v) is 7.51. The highest BCUT2D eigenvalue weighted by Crippen LogP contribution is 2.42. The number of fused-ring (bicyclic) bond motifs is 7. The van der Waals surface area contributed by atoms with Crippen molar-refractivity contribution in [1.82, 2.24) is 24.0 Å². The number of benzene rings is 1. The Bertz CT molecular complexity index is 1120. The molecule has 4 heterocycles. The Labute approximate surface area is 164 Å². The molecule has 2 fully saturated rings. The fourth-order valence-electron chi connectivity index (χ4n) is 5.86. The lowest BCUT2D eigenvalue weighted by Crippen LogP contribution is -2.44. The molecule has 1 saturated carbocycles. The van der Waals surface area contributed by atoms with E-state index in [0.29, 0.717) is 12.0 Å². The molecule has 2 aromatic heterocycles. The van der Waals surface area contributed by atoms with Gasteiger partial charge in [-0.2, -0.15) is 0 Å². The maximum Gasteiger partial charge on any atom is 0.114 e. The Kier molecular flexibility index (Phi) is 3.09. The average Bonchev–Trinajstić information content (AvgIpc) is 3.35. The van der Waals surface area contributed by atoms with E-state index in [1.807, 2.05) is 6.33 Å². The zero-order valence-electron chi connectivity index (χ0n) is 16.1. The first-order valence-electron chi connectivity index (χ1n) is 10.8. The first kappa shape index (κ1) is 15.5. The van der Waals surface area contributed by atoms with Crippen LogP contribution in [0.15, 0.2) is 30.6 Å². The molecule has 2 aliphatic heterocycles. The van der Waals surface area contributed by atoms with Crippen LogP contribution in [0.1, 0.15) is 55.2 Å². The largest absolute Gasteiger partial charge is 0.326 e. The molecule has 7 rings (SSSR count). The van der Waals surface area contributed by atoms with E-state index in [0.717, 1.165) is 30.9 Å². The summed E-state index contributed by atoms with van der Waals surface area (Å²) in [6.07, 6.45) is 14.1. The van der Waals surface area contributed by atoms with Gasteiger partial charge in [0.25, 0.3) is 0 Å². The van der Waals surface area contributed by atoms with Crippen LogP contribution < -0.4 is 0 Å². The molecule has 3 aromatic rings. The molecule has 0 radical (unpaired) electrons. The monoisotopic (exact) mass is 371 g/mol. The molecule has 4 aliphatic rings. The van der Waals surface area contributed by atoms with Crippen molar-refractivity contribution < 1.29 is 0 Å². The Morgan fingerprint density at radius 2 is 2.04 bits per heavy atom. The van der Waals surface area contributed by atoms with E-state index < -0.39 is 0 Å². The van der Waals surface area contributed by atoms with Crippen molar-refractivity contribution in [3.63, 3.8) is 0 Å². The van der Waals surface area contributed by atoms with Crippen LogP contribution in [0.5, 0.6) is 0 Å². The van der Waals surface area contributed by atoms with Gasteiger partial charge in [-0.15, -0.1) is 0 Å². The lowest BCUT2D eigenvalue weighted by molar-refractivity contribution is 0.108. The van der Waals surface area contributed by atoms with Crippen LogP contribution in [0.4, 0.5) is 0 Å². The van der Waals surface area contributed by atoms with Crippen molar-refractivity contribution in [2.75, 3.05) is 6.54 Å². The highest BCUT2D eigenvalue weighted by atomic mass is 15.3. The van der Waals surface area contributed by atoms with Gasteiger partial charge in [0.05, 0.1) is 28.7 Å². The molecular formula is C23H25N5. The van der Waals surface area contributed by atoms with Crippen LogP contribution in [0.2, 0.25) is 0 Å². The fourth-order valence-corrected chi connectivity index (χ4v) is 5.86. The number of hydrogen-bond acceptors (Lipinski definition) is 3. The van der Waals surface area contributed by atoms with Crippen molar-refractivity contribution >= 4 is 17.1 Å². The van der Waals surface area contributed by atoms with E-state index >= 15 is 0 Å². The summed E-state index contributed by atoms with van der Waals surface area (Å²) in [5, 5.41) is 0. The molecule has 1 aromatic carbocycles. The van der Waals surface area contributed by atoms with Crippen LogP contribution in [-0.4, -0.2) is 42.6 Å². The number of rotatable bonds is 2. The van der Waals surface area contributed by atoms with Gasteiger partial charge in [-0.25, -0.2) is 9.97 Å². The fraction of sp³-hybridized carbons (Fsp3) is 0.478. The van der Waals surface area contributed by atoms with E-state index in [1.165, 1.54) is 60.6 Å². The minimum Gasteiger partial charge on any atom is -0.326 e. The third kappa shape index (κ3) is 2.05. The summed E-state index contributed by atoms with van der Waals surface area (Å²) in [4.78, 5) is 12.6. The van der Waals surface area contributed by atoms with E-state index in [9.17, 15) is 0 Å². The molecule has 5 heteroatoms. The van der Waals surface area contributed by atoms with E-state index in [-0.39, 0.29) is 0 Å². The Morgan fingerprint density at radius 1 is 1.07 bits per heavy atom. The molecule has 142 valence electrons. The van der Waals surface area contributed by atoms with Gasteiger partial charge < -0.3 is 4.57 Å². The first-order valence-corrected chi connectivity index (χ1v) is 10.8. The Hall–Kier alpha value is -2.40. The molecule has 28 heavy (non-hydrogen) atoms. The molecule has 2 bridgehead atoms. The SMILES string of the molecule is C1=Cc2c(ncn2-c2ccc3c(c2)nc2n3CC3CC2CN3C2CCC2)CC1. The summed E-state index contributed by atoms with van der Waals surface area (Å²) in [6, 6.07) is 8.33. The molecular weight excluding hydrogens is 346 g/mol. The number of allylic oxidation sites excluding steroid dienone is 1. The van der Waals surface area contributed by atoms with Crippen molar-refractivity contribution in [2.45, 2.75) is 63.1 Å². The van der Waals surface area contributed by atoms with Gasteiger partial charge in [-0.3, -0.25) is 9.47 Å². The van der Waals surface area contributed by atoms with Crippen molar-refractivity contribution in [1.29, 1.82) is 0 Å². The molecule has 1 saturated heterocycles. The van der Waals surface area contributed by atoms with Gasteiger partial charge in [0, 0.05) is 36.8 Å². The lowest BCUT2D eigenvalue weighted by Gasteiger charge is -2.38. The maximum atomic E-state index is 5.14. The summed E-state index contributed by atoms with van der Waals surface area (Å²) in [7, 11) is 0. The van der Waals surface area contributed by atoms with Gasteiger partial charge in [0.1, 0.15) is 5.82 Å². The molecule has 2 unspecified atom stereocenters. The molecule has 2 aliphatic carbocycles. The number of hydrogen-bond donors (Lipinski definition) is 0. The molecule has 0 N–H and O–H groups in total. The normalized spacial score (nSPS) is 26.4. The summed E-state index contributed by atoms with van der Waals surface area (Å²) < 4.78 is 4.73. The lowest BCUT2D eigenvalue weighted by atomic mass is 9.91. The van der Waals surface area contributed by atoms with E-state index in [4.69, 9.17) is 4.98 Å². The van der Waals surface area contributed by atoms with Crippen molar-refractivity contribution in [3.05, 3.63) is 47.8 Å². The highest BCUT2D eigenvalue weighted by molar-refractivity contribution is 5.79. The summed E-state index contributed by atoms with van der Waals surface area (Å²) >= 11 is 0. The van der Waals surface area contributed by atoms with Gasteiger partial charge in [0.2, 0.25) is 0 Å². The number of aromatic nitrogens is 4. The number of aryl methyl sites for hydroxylation is 1. The van der Waals surface area contributed by atoms with Crippen LogP contribution in [0.25, 0.3) is 22.8 Å². The maximum absolute atomic E-state index is 5.14. The number of likely N-dealkylation sites (tertiary alicyclic amines) is 1. The third-order valence-electron chi connectivity index (χ3n) is 7.51. The second kappa shape index (κ2) is 5.57. The van der Waals surface area contributed by atoms with Crippen LogP contribution >= 0.6 is 0 Å². The van der Waals surface area contributed by atoms with E-state index in [1.54, 1.807) is 0 Å². The topological polar surface area (TPSA) is 38.9 Å². The summed E-state index contributed by atoms with van der Waals surface area (Å²) in [5.74, 6) is 1.93. The Morgan fingerprint density at radius 3 is 2.93 bits per heavy atom. The van der Waals surface area contributed by atoms with Crippen LogP contribution in [0, 0.1) is 0 Å². The zero-order valence-corrected chi connectivity index (χ0v) is 16.1. The van der Waals surface area contributed by atoms with Crippen molar-refractivity contribution in [3.8, 4) is 5.69 Å². The number of nitrogens with zero attached hydrogens (tertiary/aromatic N) is 5. The van der Waals surface area contributed by atoms with Crippen LogP contribution in [-0.2, 0) is 13.0 Å².